The molecule has 0 aliphatic rings. The average molecular weight is 377 g/mol. The fourth-order valence-electron chi connectivity index (χ4n) is 3.31. The van der Waals surface area contributed by atoms with Crippen LogP contribution in [0.5, 0.6) is 0 Å². The third-order valence-corrected chi connectivity index (χ3v) is 4.82. The molecule has 27 heavy (non-hydrogen) atoms. The van der Waals surface area contributed by atoms with Crippen LogP contribution in [0.25, 0.3) is 16.9 Å². The van der Waals surface area contributed by atoms with Gasteiger partial charge in [-0.25, -0.2) is 4.98 Å². The number of nitrogen functional groups attached to an aromatic ring is 1. The van der Waals surface area contributed by atoms with E-state index in [1.807, 2.05) is 48.7 Å². The van der Waals surface area contributed by atoms with Crippen molar-refractivity contribution in [1.29, 1.82) is 0 Å². The normalized spacial score (nSPS) is 11.4. The maximum atomic E-state index is 6.06. The van der Waals surface area contributed by atoms with Crippen LogP contribution < -0.4 is 5.73 Å². The first-order valence-corrected chi connectivity index (χ1v) is 9.23. The highest BCUT2D eigenvalue weighted by Gasteiger charge is 2.16. The van der Waals surface area contributed by atoms with Crippen LogP contribution in [-0.4, -0.2) is 21.3 Å². The van der Waals surface area contributed by atoms with Gasteiger partial charge in [-0.15, -0.1) is 0 Å². The third-order valence-electron chi connectivity index (χ3n) is 4.57. The summed E-state index contributed by atoms with van der Waals surface area (Å²) in [7, 11) is 2.12. The van der Waals surface area contributed by atoms with E-state index in [0.717, 1.165) is 46.4 Å². The van der Waals surface area contributed by atoms with Crippen molar-refractivity contribution in [2.24, 2.45) is 0 Å². The standard InChI is InChI=1S/C22H21ClN4/c1-26(13-16-5-3-2-4-6-16)15-20-22(17-7-9-18(23)10-8-17)25-21-12-11-19(24)14-27(20)21/h2-12,14H,13,15,24H2,1H3. The van der Waals surface area contributed by atoms with Crippen molar-refractivity contribution >= 4 is 22.9 Å². The lowest BCUT2D eigenvalue weighted by Gasteiger charge is -2.18. The second kappa shape index (κ2) is 7.43. The lowest BCUT2D eigenvalue weighted by atomic mass is 10.1. The van der Waals surface area contributed by atoms with Crippen LogP contribution in [0.3, 0.4) is 0 Å². The molecule has 0 aliphatic heterocycles. The van der Waals surface area contributed by atoms with Crippen LogP contribution in [0.15, 0.2) is 72.9 Å². The Kier molecular flexibility index (Phi) is 4.84. The Hall–Kier alpha value is -2.82. The Balaban J connectivity index is 1.73. The molecule has 136 valence electrons. The van der Waals surface area contributed by atoms with Gasteiger partial charge in [-0.2, -0.15) is 0 Å². The highest BCUT2D eigenvalue weighted by Crippen LogP contribution is 2.27. The van der Waals surface area contributed by atoms with E-state index in [0.29, 0.717) is 0 Å². The summed E-state index contributed by atoms with van der Waals surface area (Å²) in [5, 5.41) is 0.717. The molecule has 0 saturated carbocycles. The molecule has 0 fully saturated rings. The van der Waals surface area contributed by atoms with Crippen LogP contribution >= 0.6 is 11.6 Å². The zero-order valence-corrected chi connectivity index (χ0v) is 15.9. The number of rotatable bonds is 5. The molecule has 0 atom stereocenters. The predicted molar refractivity (Wildman–Crippen MR) is 112 cm³/mol. The van der Waals surface area contributed by atoms with E-state index in [9.17, 15) is 0 Å². The van der Waals surface area contributed by atoms with Gasteiger partial charge in [-0.1, -0.05) is 54.1 Å². The summed E-state index contributed by atoms with van der Waals surface area (Å²) >= 11 is 6.06. The van der Waals surface area contributed by atoms with Crippen LogP contribution in [0.4, 0.5) is 5.69 Å². The molecule has 5 heteroatoms. The Bertz CT molecular complexity index is 1060. The molecule has 0 aliphatic carbocycles. The second-order valence-corrected chi connectivity index (χ2v) is 7.20. The quantitative estimate of drug-likeness (QED) is 0.540. The Morgan fingerprint density at radius 3 is 2.44 bits per heavy atom. The molecule has 0 amide bonds. The van der Waals surface area contributed by atoms with E-state index in [4.69, 9.17) is 22.3 Å². The number of nitrogens with two attached hydrogens (primary N) is 1. The number of anilines is 1. The van der Waals surface area contributed by atoms with E-state index in [1.165, 1.54) is 5.56 Å². The molecule has 0 spiro atoms. The molecule has 0 radical (unpaired) electrons. The number of hydrogen-bond acceptors (Lipinski definition) is 3. The maximum Gasteiger partial charge on any atom is 0.137 e. The van der Waals surface area contributed by atoms with E-state index >= 15 is 0 Å². The van der Waals surface area contributed by atoms with Gasteiger partial charge in [0.25, 0.3) is 0 Å². The second-order valence-electron chi connectivity index (χ2n) is 6.76. The fraction of sp³-hybridized carbons (Fsp3) is 0.136. The summed E-state index contributed by atoms with van der Waals surface area (Å²) in [4.78, 5) is 7.13. The van der Waals surface area contributed by atoms with Gasteiger partial charge in [-0.05, 0) is 36.9 Å². The summed E-state index contributed by atoms with van der Waals surface area (Å²) in [6.07, 6.45) is 1.94. The number of nitrogens with zero attached hydrogens (tertiary/aromatic N) is 3. The molecule has 4 aromatic rings. The molecule has 4 rings (SSSR count). The van der Waals surface area contributed by atoms with Crippen molar-refractivity contribution in [3.05, 3.63) is 89.2 Å². The zero-order valence-electron chi connectivity index (χ0n) is 15.1. The Labute approximate surface area is 163 Å². The number of fused-ring (bicyclic) bond motifs is 1. The van der Waals surface area contributed by atoms with Crippen LogP contribution in [0.2, 0.25) is 5.02 Å². The predicted octanol–water partition coefficient (Wildman–Crippen LogP) is 4.87. The largest absolute Gasteiger partial charge is 0.398 e. The SMILES string of the molecule is CN(Cc1ccccc1)Cc1c(-c2ccc(Cl)cc2)nc2ccc(N)cn12. The molecule has 0 saturated heterocycles. The number of halogens is 1. The minimum absolute atomic E-state index is 0.717. The molecular formula is C22H21ClN4. The van der Waals surface area contributed by atoms with Crippen molar-refractivity contribution in [3.8, 4) is 11.3 Å². The van der Waals surface area contributed by atoms with Gasteiger partial charge in [0.15, 0.2) is 0 Å². The number of hydrogen-bond donors (Lipinski definition) is 1. The van der Waals surface area contributed by atoms with Crippen molar-refractivity contribution in [1.82, 2.24) is 14.3 Å². The van der Waals surface area contributed by atoms with Gasteiger partial charge in [0, 0.05) is 35.6 Å². The summed E-state index contributed by atoms with van der Waals surface area (Å²) < 4.78 is 2.08. The molecule has 4 nitrogen and oxygen atoms in total. The topological polar surface area (TPSA) is 46.6 Å². The number of imidazole rings is 1. The van der Waals surface area contributed by atoms with E-state index < -0.39 is 0 Å². The minimum Gasteiger partial charge on any atom is -0.398 e. The minimum atomic E-state index is 0.717. The number of benzene rings is 2. The lowest BCUT2D eigenvalue weighted by Crippen LogP contribution is -2.18. The maximum absolute atomic E-state index is 6.06. The summed E-state index contributed by atoms with van der Waals surface area (Å²) in [6, 6.07) is 22.1. The molecule has 2 aromatic carbocycles. The van der Waals surface area contributed by atoms with Gasteiger partial charge in [-0.3, -0.25) is 4.90 Å². The highest BCUT2D eigenvalue weighted by atomic mass is 35.5. The van der Waals surface area contributed by atoms with Crippen molar-refractivity contribution in [2.45, 2.75) is 13.1 Å². The molecule has 2 N–H and O–H groups in total. The summed E-state index contributed by atoms with van der Waals surface area (Å²) in [5.41, 5.74) is 12.0. The van der Waals surface area contributed by atoms with Gasteiger partial charge >= 0.3 is 0 Å². The van der Waals surface area contributed by atoms with Gasteiger partial charge < -0.3 is 10.1 Å². The van der Waals surface area contributed by atoms with Crippen LogP contribution in [-0.2, 0) is 13.1 Å². The average Bonchev–Trinajstić information content (AvgIpc) is 3.01. The summed E-state index contributed by atoms with van der Waals surface area (Å²) in [5.74, 6) is 0. The molecule has 2 heterocycles. The number of pyridine rings is 1. The van der Waals surface area contributed by atoms with E-state index in [1.54, 1.807) is 0 Å². The van der Waals surface area contributed by atoms with Crippen LogP contribution in [0, 0.1) is 0 Å². The van der Waals surface area contributed by atoms with Gasteiger partial charge in [0.05, 0.1) is 11.4 Å². The number of aromatic nitrogens is 2. The molecular weight excluding hydrogens is 356 g/mol. The zero-order chi connectivity index (χ0) is 18.8. The summed E-state index contributed by atoms with van der Waals surface area (Å²) in [6.45, 7) is 1.61. The van der Waals surface area contributed by atoms with Gasteiger partial charge in [0.2, 0.25) is 0 Å². The fourth-order valence-corrected chi connectivity index (χ4v) is 3.43. The monoisotopic (exact) mass is 376 g/mol. The molecule has 0 unspecified atom stereocenters. The third kappa shape index (κ3) is 3.82. The first-order valence-electron chi connectivity index (χ1n) is 8.85. The van der Waals surface area contributed by atoms with E-state index in [-0.39, 0.29) is 0 Å². The Morgan fingerprint density at radius 2 is 1.70 bits per heavy atom. The van der Waals surface area contributed by atoms with Crippen molar-refractivity contribution in [2.75, 3.05) is 12.8 Å². The van der Waals surface area contributed by atoms with Crippen molar-refractivity contribution < 1.29 is 0 Å². The lowest BCUT2D eigenvalue weighted by molar-refractivity contribution is 0.314. The Morgan fingerprint density at radius 1 is 0.963 bits per heavy atom. The van der Waals surface area contributed by atoms with Crippen molar-refractivity contribution in [3.63, 3.8) is 0 Å². The molecule has 0 bridgehead atoms. The van der Waals surface area contributed by atoms with E-state index in [2.05, 4.69) is 40.6 Å². The smallest absolute Gasteiger partial charge is 0.137 e. The highest BCUT2D eigenvalue weighted by molar-refractivity contribution is 6.30. The van der Waals surface area contributed by atoms with Crippen LogP contribution in [0.1, 0.15) is 11.3 Å². The first kappa shape index (κ1) is 17.6. The first-order chi connectivity index (χ1) is 13.1. The molecule has 2 aromatic heterocycles. The van der Waals surface area contributed by atoms with Gasteiger partial charge in [0.1, 0.15) is 5.65 Å².